The maximum atomic E-state index is 10.9. The summed E-state index contributed by atoms with van der Waals surface area (Å²) in [5.41, 5.74) is -0.526. The van der Waals surface area contributed by atoms with Crippen molar-refractivity contribution in [3.8, 4) is 0 Å². The lowest BCUT2D eigenvalue weighted by molar-refractivity contribution is -0.127. The van der Waals surface area contributed by atoms with Gasteiger partial charge in [0.05, 0.1) is 17.8 Å². The van der Waals surface area contributed by atoms with Crippen molar-refractivity contribution in [1.29, 1.82) is 0 Å². The Bertz CT molecular complexity index is 219. The van der Waals surface area contributed by atoms with Crippen LogP contribution in [0.3, 0.4) is 0 Å². The van der Waals surface area contributed by atoms with Gasteiger partial charge in [-0.25, -0.2) is 0 Å². The summed E-state index contributed by atoms with van der Waals surface area (Å²) in [6, 6.07) is 0. The Morgan fingerprint density at radius 1 is 1.06 bits per heavy atom. The van der Waals surface area contributed by atoms with E-state index < -0.39 is 0 Å². The summed E-state index contributed by atoms with van der Waals surface area (Å²) in [4.78, 5) is 10.9. The van der Waals surface area contributed by atoms with Crippen molar-refractivity contribution in [3.63, 3.8) is 0 Å². The zero-order valence-electron chi connectivity index (χ0n) is 11.6. The molecule has 0 N–H and O–H groups in total. The largest absolute Gasteiger partial charge is 0.373 e. The second-order valence-corrected chi connectivity index (χ2v) is 5.44. The molecular weight excluding hydrogens is 204 g/mol. The molecule has 0 aliphatic rings. The summed E-state index contributed by atoms with van der Waals surface area (Å²) in [6.45, 7) is 12.9. The fourth-order valence-corrected chi connectivity index (χ4v) is 1.35. The van der Waals surface area contributed by atoms with Crippen molar-refractivity contribution in [3.05, 3.63) is 0 Å². The minimum atomic E-state index is -0.264. The Labute approximate surface area is 99.5 Å². The molecule has 0 amide bonds. The number of hydrogen-bond acceptors (Lipinski definition) is 3. The van der Waals surface area contributed by atoms with Gasteiger partial charge in [-0.1, -0.05) is 0 Å². The number of ketones is 1. The molecule has 0 fully saturated rings. The Kier molecular flexibility index (Phi) is 6.19. The molecule has 0 radical (unpaired) electrons. The molecule has 0 bridgehead atoms. The van der Waals surface area contributed by atoms with E-state index in [4.69, 9.17) is 9.47 Å². The number of Topliss-reactive ketones (excluding diaryl/α,β-unsaturated/α-hetero) is 1. The van der Waals surface area contributed by atoms with Crippen molar-refractivity contribution in [2.75, 3.05) is 13.2 Å². The van der Waals surface area contributed by atoms with Gasteiger partial charge in [0.2, 0.25) is 0 Å². The van der Waals surface area contributed by atoms with Crippen LogP contribution in [0.2, 0.25) is 0 Å². The number of rotatable bonds is 8. The highest BCUT2D eigenvalue weighted by Crippen LogP contribution is 2.20. The molecule has 0 aromatic rings. The topological polar surface area (TPSA) is 35.5 Å². The Hall–Kier alpha value is -0.410. The third-order valence-electron chi connectivity index (χ3n) is 2.42. The highest BCUT2D eigenvalue weighted by atomic mass is 16.5. The van der Waals surface area contributed by atoms with Crippen LogP contribution in [0.5, 0.6) is 0 Å². The Morgan fingerprint density at radius 2 is 1.62 bits per heavy atom. The fourth-order valence-electron chi connectivity index (χ4n) is 1.35. The van der Waals surface area contributed by atoms with E-state index >= 15 is 0 Å². The van der Waals surface area contributed by atoms with E-state index in [-0.39, 0.29) is 17.0 Å². The molecule has 0 aliphatic carbocycles. The van der Waals surface area contributed by atoms with Crippen LogP contribution in [0, 0.1) is 0 Å². The summed E-state index contributed by atoms with van der Waals surface area (Å²) >= 11 is 0. The lowest BCUT2D eigenvalue weighted by Gasteiger charge is -2.31. The molecule has 0 aromatic heterocycles. The minimum absolute atomic E-state index is 0.209. The maximum absolute atomic E-state index is 10.9. The third kappa shape index (κ3) is 7.83. The van der Waals surface area contributed by atoms with Crippen LogP contribution in [0.25, 0.3) is 0 Å². The normalized spacial score (nSPS) is 12.9. The Balaban J connectivity index is 4.01. The molecule has 96 valence electrons. The first-order valence-corrected chi connectivity index (χ1v) is 5.96. The van der Waals surface area contributed by atoms with Crippen molar-refractivity contribution in [2.45, 2.75) is 65.6 Å². The van der Waals surface area contributed by atoms with E-state index in [1.165, 1.54) is 0 Å². The molecule has 0 aromatic carbocycles. The lowest BCUT2D eigenvalue weighted by atomic mass is 10.0. The van der Waals surface area contributed by atoms with Crippen LogP contribution in [-0.4, -0.2) is 30.2 Å². The van der Waals surface area contributed by atoms with E-state index in [9.17, 15) is 4.79 Å². The van der Waals surface area contributed by atoms with Gasteiger partial charge >= 0.3 is 0 Å². The first-order chi connectivity index (χ1) is 7.18. The summed E-state index contributed by atoms with van der Waals surface area (Å²) in [5, 5.41) is 0. The van der Waals surface area contributed by atoms with E-state index in [1.807, 2.05) is 34.6 Å². The van der Waals surface area contributed by atoms with Crippen LogP contribution in [0.4, 0.5) is 0 Å². The lowest BCUT2D eigenvalue weighted by Crippen LogP contribution is -2.36. The summed E-state index contributed by atoms with van der Waals surface area (Å²) in [6.07, 6.45) is 1.33. The zero-order valence-corrected chi connectivity index (χ0v) is 11.6. The van der Waals surface area contributed by atoms with E-state index in [2.05, 4.69) is 0 Å². The molecular formula is C13H26O3. The number of ether oxygens (including phenoxy) is 2. The summed E-state index contributed by atoms with van der Waals surface area (Å²) in [7, 11) is 0. The van der Waals surface area contributed by atoms with Gasteiger partial charge in [0.15, 0.2) is 0 Å². The zero-order chi connectivity index (χ0) is 12.8. The van der Waals surface area contributed by atoms with Gasteiger partial charge in [0.25, 0.3) is 0 Å². The molecule has 0 heterocycles. The average molecular weight is 230 g/mol. The highest BCUT2D eigenvalue weighted by Gasteiger charge is 2.25. The second kappa shape index (κ2) is 6.36. The molecule has 0 rings (SSSR count). The van der Waals surface area contributed by atoms with Crippen LogP contribution >= 0.6 is 0 Å². The first-order valence-electron chi connectivity index (χ1n) is 5.96. The number of carbonyl (C=O) groups is 1. The van der Waals surface area contributed by atoms with Crippen LogP contribution in [0.1, 0.15) is 54.4 Å². The smallest absolute Gasteiger partial charge is 0.129 e. The Morgan fingerprint density at radius 3 is 2.06 bits per heavy atom. The third-order valence-corrected chi connectivity index (χ3v) is 2.42. The molecule has 0 saturated carbocycles. The summed E-state index contributed by atoms with van der Waals surface area (Å²) in [5.74, 6) is 0.209. The molecule has 0 saturated heterocycles. The molecule has 0 atom stereocenters. The molecule has 0 aliphatic heterocycles. The van der Waals surface area contributed by atoms with Gasteiger partial charge in [-0.15, -0.1) is 0 Å². The predicted molar refractivity (Wildman–Crippen MR) is 65.7 cm³/mol. The summed E-state index contributed by atoms with van der Waals surface area (Å²) < 4.78 is 11.4. The van der Waals surface area contributed by atoms with Gasteiger partial charge in [0.1, 0.15) is 5.78 Å². The second-order valence-electron chi connectivity index (χ2n) is 5.44. The van der Waals surface area contributed by atoms with Crippen molar-refractivity contribution in [1.82, 2.24) is 0 Å². The quantitative estimate of drug-likeness (QED) is 0.643. The van der Waals surface area contributed by atoms with Crippen LogP contribution in [0.15, 0.2) is 0 Å². The maximum Gasteiger partial charge on any atom is 0.129 e. The van der Waals surface area contributed by atoms with E-state index in [1.54, 1.807) is 6.92 Å². The average Bonchev–Trinajstić information content (AvgIpc) is 2.13. The highest BCUT2D eigenvalue weighted by molar-refractivity contribution is 5.75. The van der Waals surface area contributed by atoms with E-state index in [0.717, 1.165) is 6.42 Å². The molecule has 0 unspecified atom stereocenters. The van der Waals surface area contributed by atoms with Gasteiger partial charge in [0, 0.05) is 13.0 Å². The van der Waals surface area contributed by atoms with Gasteiger partial charge in [-0.05, 0) is 48.0 Å². The van der Waals surface area contributed by atoms with Crippen LogP contribution in [-0.2, 0) is 14.3 Å². The van der Waals surface area contributed by atoms with Crippen molar-refractivity contribution < 1.29 is 14.3 Å². The van der Waals surface area contributed by atoms with Gasteiger partial charge in [-0.3, -0.25) is 0 Å². The molecule has 0 spiro atoms. The molecule has 16 heavy (non-hydrogen) atoms. The van der Waals surface area contributed by atoms with Crippen molar-refractivity contribution in [2.24, 2.45) is 0 Å². The minimum Gasteiger partial charge on any atom is -0.373 e. The molecule has 3 heteroatoms. The van der Waals surface area contributed by atoms with Crippen LogP contribution < -0.4 is 0 Å². The monoisotopic (exact) mass is 230 g/mol. The van der Waals surface area contributed by atoms with E-state index in [0.29, 0.717) is 19.6 Å². The SMILES string of the molecule is CCOC(C)(C)COC(C)(C)CCC(C)=O. The molecule has 3 nitrogen and oxygen atoms in total. The standard InChI is InChI=1S/C13H26O3/c1-7-15-13(5,6)10-16-12(3,4)9-8-11(2)14/h7-10H2,1-6H3. The number of carbonyl (C=O) groups excluding carboxylic acids is 1. The number of hydrogen-bond donors (Lipinski definition) is 0. The predicted octanol–water partition coefficient (Wildman–Crippen LogP) is 2.97. The van der Waals surface area contributed by atoms with Gasteiger partial charge in [-0.2, -0.15) is 0 Å². The fraction of sp³-hybridized carbons (Fsp3) is 0.923. The first kappa shape index (κ1) is 15.6. The van der Waals surface area contributed by atoms with Gasteiger partial charge < -0.3 is 14.3 Å². The van der Waals surface area contributed by atoms with Crippen molar-refractivity contribution >= 4 is 5.78 Å².